The first-order valence-electron chi connectivity index (χ1n) is 5.83. The summed E-state index contributed by atoms with van der Waals surface area (Å²) in [7, 11) is 0. The molecule has 0 atom stereocenters. The number of anilines is 1. The molecule has 0 unspecified atom stereocenters. The molecule has 3 nitrogen and oxygen atoms in total. The van der Waals surface area contributed by atoms with Crippen LogP contribution in [0.15, 0.2) is 47.6 Å². The molecule has 21 heavy (non-hydrogen) atoms. The molecule has 1 N–H and O–H groups in total. The average Bonchev–Trinajstić information content (AvgIpc) is 2.42. The van der Waals surface area contributed by atoms with Crippen molar-refractivity contribution in [2.75, 3.05) is 5.43 Å². The molecule has 0 radical (unpaired) electrons. The van der Waals surface area contributed by atoms with Crippen LogP contribution in [-0.2, 0) is 0 Å². The lowest BCUT2D eigenvalue weighted by atomic mass is 10.2. The molecule has 0 fully saturated rings. The minimum Gasteiger partial charge on any atom is -0.435 e. The van der Waals surface area contributed by atoms with Crippen LogP contribution in [0.4, 0.5) is 23.2 Å². The molecule has 0 aliphatic carbocycles. The van der Waals surface area contributed by atoms with Crippen molar-refractivity contribution in [3.8, 4) is 5.75 Å². The van der Waals surface area contributed by atoms with E-state index in [0.29, 0.717) is 5.56 Å². The van der Waals surface area contributed by atoms with Gasteiger partial charge in [-0.25, -0.2) is 8.78 Å². The van der Waals surface area contributed by atoms with E-state index in [1.807, 2.05) is 0 Å². The number of ether oxygens (including phenoxy) is 1. The van der Waals surface area contributed by atoms with Gasteiger partial charge in [0.2, 0.25) is 0 Å². The summed E-state index contributed by atoms with van der Waals surface area (Å²) in [5.41, 5.74) is 3.02. The smallest absolute Gasteiger partial charge is 0.387 e. The molecular formula is C14H10F4N2O. The van der Waals surface area contributed by atoms with E-state index in [1.165, 1.54) is 36.5 Å². The Bertz CT molecular complexity index is 629. The van der Waals surface area contributed by atoms with E-state index < -0.39 is 18.2 Å². The van der Waals surface area contributed by atoms with Gasteiger partial charge in [0.05, 0.1) is 11.9 Å². The van der Waals surface area contributed by atoms with Gasteiger partial charge in [0.1, 0.15) is 11.6 Å². The third-order valence-corrected chi connectivity index (χ3v) is 2.44. The van der Waals surface area contributed by atoms with E-state index >= 15 is 0 Å². The van der Waals surface area contributed by atoms with Gasteiger partial charge in [0.15, 0.2) is 5.82 Å². The molecule has 0 heterocycles. The number of nitrogens with one attached hydrogen (secondary N) is 1. The van der Waals surface area contributed by atoms with Gasteiger partial charge in [-0.2, -0.15) is 13.9 Å². The van der Waals surface area contributed by atoms with E-state index in [-0.39, 0.29) is 11.4 Å². The lowest BCUT2D eigenvalue weighted by Gasteiger charge is -2.04. The maximum absolute atomic E-state index is 13.3. The van der Waals surface area contributed by atoms with E-state index in [0.717, 1.165) is 12.1 Å². The van der Waals surface area contributed by atoms with Crippen molar-refractivity contribution in [3.63, 3.8) is 0 Å². The molecule has 2 aromatic rings. The molecule has 0 saturated carbocycles. The summed E-state index contributed by atoms with van der Waals surface area (Å²) in [5.74, 6) is -1.43. The van der Waals surface area contributed by atoms with Crippen molar-refractivity contribution in [1.29, 1.82) is 0 Å². The summed E-state index contributed by atoms with van der Waals surface area (Å²) in [6.07, 6.45) is 1.36. The van der Waals surface area contributed by atoms with E-state index in [2.05, 4.69) is 15.3 Å². The Kier molecular flexibility index (Phi) is 4.76. The summed E-state index contributed by atoms with van der Waals surface area (Å²) < 4.78 is 54.1. The molecule has 0 spiro atoms. The topological polar surface area (TPSA) is 33.6 Å². The number of nitrogens with zero attached hydrogens (tertiary/aromatic N) is 1. The van der Waals surface area contributed by atoms with Crippen LogP contribution >= 0.6 is 0 Å². The summed E-state index contributed by atoms with van der Waals surface area (Å²) in [4.78, 5) is 0. The second-order valence-electron chi connectivity index (χ2n) is 3.94. The Morgan fingerprint density at radius 3 is 2.38 bits per heavy atom. The molecule has 0 saturated heterocycles. The zero-order chi connectivity index (χ0) is 15.2. The number of hydrazone groups is 1. The maximum Gasteiger partial charge on any atom is 0.387 e. The van der Waals surface area contributed by atoms with Crippen LogP contribution in [0.5, 0.6) is 5.75 Å². The molecule has 0 amide bonds. The average molecular weight is 298 g/mol. The standard InChI is InChI=1S/C14H10F4N2O/c15-10-3-6-13(12(16)7-10)20-19-8-9-1-4-11(5-2-9)21-14(17)18/h1-8,14,20H/b19-8-. The van der Waals surface area contributed by atoms with Crippen LogP contribution in [0.3, 0.4) is 0 Å². The third kappa shape index (κ3) is 4.48. The number of hydrogen-bond acceptors (Lipinski definition) is 3. The number of alkyl halides is 2. The molecule has 7 heteroatoms. The molecule has 0 aliphatic heterocycles. The zero-order valence-corrected chi connectivity index (χ0v) is 10.6. The molecule has 110 valence electrons. The monoisotopic (exact) mass is 298 g/mol. The number of rotatable bonds is 5. The van der Waals surface area contributed by atoms with Crippen molar-refractivity contribution in [2.45, 2.75) is 6.61 Å². The van der Waals surface area contributed by atoms with Gasteiger partial charge in [0.25, 0.3) is 0 Å². The molecule has 0 bridgehead atoms. The highest BCUT2D eigenvalue weighted by molar-refractivity contribution is 5.80. The lowest BCUT2D eigenvalue weighted by Crippen LogP contribution is -2.01. The van der Waals surface area contributed by atoms with Gasteiger partial charge in [-0.15, -0.1) is 0 Å². The summed E-state index contributed by atoms with van der Waals surface area (Å²) in [5, 5.41) is 3.77. The second kappa shape index (κ2) is 6.74. The summed E-state index contributed by atoms with van der Waals surface area (Å²) >= 11 is 0. The van der Waals surface area contributed by atoms with Crippen molar-refractivity contribution in [1.82, 2.24) is 0 Å². The van der Waals surface area contributed by atoms with Crippen LogP contribution in [0.25, 0.3) is 0 Å². The fraction of sp³-hybridized carbons (Fsp3) is 0.0714. The van der Waals surface area contributed by atoms with E-state index in [1.54, 1.807) is 0 Å². The second-order valence-corrected chi connectivity index (χ2v) is 3.94. The molecule has 2 rings (SSSR count). The van der Waals surface area contributed by atoms with Gasteiger partial charge >= 0.3 is 6.61 Å². The van der Waals surface area contributed by atoms with Crippen molar-refractivity contribution < 1.29 is 22.3 Å². The van der Waals surface area contributed by atoms with Gasteiger partial charge in [-0.3, -0.25) is 5.43 Å². The summed E-state index contributed by atoms with van der Waals surface area (Å²) in [6, 6.07) is 8.75. The first kappa shape index (κ1) is 14.8. The van der Waals surface area contributed by atoms with Crippen LogP contribution in [0.2, 0.25) is 0 Å². The van der Waals surface area contributed by atoms with Crippen LogP contribution in [-0.4, -0.2) is 12.8 Å². The highest BCUT2D eigenvalue weighted by Gasteiger charge is 2.03. The van der Waals surface area contributed by atoms with Gasteiger partial charge < -0.3 is 4.74 Å². The third-order valence-electron chi connectivity index (χ3n) is 2.44. The predicted octanol–water partition coefficient (Wildman–Crippen LogP) is 4.01. The van der Waals surface area contributed by atoms with Crippen molar-refractivity contribution in [2.24, 2.45) is 5.10 Å². The van der Waals surface area contributed by atoms with Crippen molar-refractivity contribution >= 4 is 11.9 Å². The molecule has 2 aromatic carbocycles. The first-order valence-corrected chi connectivity index (χ1v) is 5.83. The van der Waals surface area contributed by atoms with Crippen molar-refractivity contribution in [3.05, 3.63) is 59.7 Å². The number of halogens is 4. The van der Waals surface area contributed by atoms with Crippen LogP contribution < -0.4 is 10.2 Å². The number of hydrogen-bond donors (Lipinski definition) is 1. The first-order chi connectivity index (χ1) is 10.0. The van der Waals surface area contributed by atoms with E-state index in [4.69, 9.17) is 0 Å². The Morgan fingerprint density at radius 1 is 1.05 bits per heavy atom. The minimum absolute atomic E-state index is 0.0188. The Hall–Kier alpha value is -2.57. The Labute approximate surface area is 117 Å². The minimum atomic E-state index is -2.88. The fourth-order valence-corrected chi connectivity index (χ4v) is 1.49. The van der Waals surface area contributed by atoms with Crippen LogP contribution in [0.1, 0.15) is 5.56 Å². The quantitative estimate of drug-likeness (QED) is 0.514. The van der Waals surface area contributed by atoms with Gasteiger partial charge in [-0.1, -0.05) is 0 Å². The highest BCUT2D eigenvalue weighted by Crippen LogP contribution is 2.16. The Balaban J connectivity index is 1.98. The largest absolute Gasteiger partial charge is 0.435 e. The molecular weight excluding hydrogens is 288 g/mol. The van der Waals surface area contributed by atoms with Crippen LogP contribution in [0, 0.1) is 11.6 Å². The molecule has 0 aromatic heterocycles. The predicted molar refractivity (Wildman–Crippen MR) is 70.6 cm³/mol. The number of benzene rings is 2. The fourth-order valence-electron chi connectivity index (χ4n) is 1.49. The SMILES string of the molecule is Fc1ccc(N/N=C\c2ccc(OC(F)F)cc2)c(F)c1. The Morgan fingerprint density at radius 2 is 1.76 bits per heavy atom. The zero-order valence-electron chi connectivity index (χ0n) is 10.6. The van der Waals surface area contributed by atoms with Gasteiger partial charge in [0, 0.05) is 6.07 Å². The normalized spacial score (nSPS) is 11.1. The lowest BCUT2D eigenvalue weighted by molar-refractivity contribution is -0.0498. The van der Waals surface area contributed by atoms with Gasteiger partial charge in [-0.05, 0) is 42.0 Å². The van der Waals surface area contributed by atoms with E-state index in [9.17, 15) is 17.6 Å². The summed E-state index contributed by atoms with van der Waals surface area (Å²) in [6.45, 7) is -2.88. The highest BCUT2D eigenvalue weighted by atomic mass is 19.3. The maximum atomic E-state index is 13.3. The molecule has 0 aliphatic rings.